The Morgan fingerprint density at radius 1 is 1.44 bits per heavy atom. The van der Waals surface area contributed by atoms with E-state index in [0.29, 0.717) is 31.2 Å². The number of aliphatic hydroxyl groups is 1. The number of benzene rings is 1. The first-order valence-electron chi connectivity index (χ1n) is 5.99. The maximum Gasteiger partial charge on any atom is 0.144 e. The van der Waals surface area contributed by atoms with Gasteiger partial charge in [0, 0.05) is 32.5 Å². The van der Waals surface area contributed by atoms with Gasteiger partial charge in [0.2, 0.25) is 0 Å². The molecule has 0 fully saturated rings. The number of likely N-dealkylation sites (N-methyl/N-ethyl adjacent to an activating group) is 1. The number of nitrogens with two attached hydrogens (primary N) is 1. The van der Waals surface area contributed by atoms with Crippen LogP contribution in [0.5, 0.6) is 5.75 Å². The van der Waals surface area contributed by atoms with Gasteiger partial charge in [-0.1, -0.05) is 0 Å². The first-order valence-corrected chi connectivity index (χ1v) is 5.99. The molecule has 0 bridgehead atoms. The molecule has 5 heteroatoms. The van der Waals surface area contributed by atoms with Crippen LogP contribution in [0.3, 0.4) is 0 Å². The minimum Gasteiger partial charge on any atom is -0.492 e. The number of aliphatic hydroxyl groups excluding tert-OH is 1. The summed E-state index contributed by atoms with van der Waals surface area (Å²) in [4.78, 5) is 1.94. The normalized spacial score (nSPS) is 12.2. The van der Waals surface area contributed by atoms with Crippen molar-refractivity contribution in [3.05, 3.63) is 18.2 Å². The zero-order valence-corrected chi connectivity index (χ0v) is 11.2. The first kappa shape index (κ1) is 14.6. The molecular weight excluding hydrogens is 232 g/mol. The molecule has 0 heterocycles. The highest BCUT2D eigenvalue weighted by molar-refractivity contribution is 5.62. The third-order valence-corrected chi connectivity index (χ3v) is 2.58. The molecular formula is C13H22N2O3. The number of hydrogen-bond acceptors (Lipinski definition) is 5. The fourth-order valence-corrected chi connectivity index (χ4v) is 1.71. The van der Waals surface area contributed by atoms with Crippen LogP contribution in [0.1, 0.15) is 6.92 Å². The van der Waals surface area contributed by atoms with Crippen molar-refractivity contribution in [2.45, 2.75) is 13.0 Å². The largest absolute Gasteiger partial charge is 0.492 e. The van der Waals surface area contributed by atoms with E-state index in [1.807, 2.05) is 31.0 Å². The standard InChI is InChI=1S/C13H22N2O3/c1-4-18-13-7-10(5-6-12(13)14)15(2)8-11(16)9-17-3/h5-7,11,16H,4,8-9,14H2,1-3H3. The third-order valence-electron chi connectivity index (χ3n) is 2.58. The van der Waals surface area contributed by atoms with Crippen LogP contribution in [-0.2, 0) is 4.74 Å². The second kappa shape index (κ2) is 7.08. The Bertz CT molecular complexity index is 371. The second-order valence-electron chi connectivity index (χ2n) is 4.14. The second-order valence-corrected chi connectivity index (χ2v) is 4.14. The molecule has 1 atom stereocenters. The summed E-state index contributed by atoms with van der Waals surface area (Å²) in [6.45, 7) is 3.29. The van der Waals surface area contributed by atoms with Crippen LogP contribution in [0.25, 0.3) is 0 Å². The van der Waals surface area contributed by atoms with E-state index in [-0.39, 0.29) is 0 Å². The molecule has 0 amide bonds. The molecule has 0 radical (unpaired) electrons. The molecule has 0 aliphatic heterocycles. The van der Waals surface area contributed by atoms with E-state index < -0.39 is 6.10 Å². The number of ether oxygens (including phenoxy) is 2. The molecule has 18 heavy (non-hydrogen) atoms. The number of methoxy groups -OCH3 is 1. The minimum atomic E-state index is -0.520. The van der Waals surface area contributed by atoms with Gasteiger partial charge in [-0.25, -0.2) is 0 Å². The maximum atomic E-state index is 9.69. The van der Waals surface area contributed by atoms with Crippen LogP contribution in [0.15, 0.2) is 18.2 Å². The topological polar surface area (TPSA) is 68.0 Å². The van der Waals surface area contributed by atoms with Crippen LogP contribution in [0, 0.1) is 0 Å². The molecule has 5 nitrogen and oxygen atoms in total. The maximum absolute atomic E-state index is 9.69. The van der Waals surface area contributed by atoms with Crippen molar-refractivity contribution in [2.24, 2.45) is 0 Å². The SMILES string of the molecule is CCOc1cc(N(C)CC(O)COC)ccc1N. The van der Waals surface area contributed by atoms with Gasteiger partial charge in [-0.3, -0.25) is 0 Å². The van der Waals surface area contributed by atoms with E-state index in [1.54, 1.807) is 13.2 Å². The van der Waals surface area contributed by atoms with Gasteiger partial charge in [-0.05, 0) is 19.1 Å². The molecule has 0 saturated heterocycles. The van der Waals surface area contributed by atoms with E-state index in [0.717, 1.165) is 5.69 Å². The quantitative estimate of drug-likeness (QED) is 0.713. The summed E-state index contributed by atoms with van der Waals surface area (Å²) >= 11 is 0. The predicted octanol–water partition coefficient (Wildman–Crippen LogP) is 1.11. The number of rotatable bonds is 7. The predicted molar refractivity (Wildman–Crippen MR) is 73.2 cm³/mol. The van der Waals surface area contributed by atoms with Gasteiger partial charge in [-0.15, -0.1) is 0 Å². The summed E-state index contributed by atoms with van der Waals surface area (Å²) in [5.41, 5.74) is 7.38. The molecule has 0 aliphatic carbocycles. The van der Waals surface area contributed by atoms with E-state index in [4.69, 9.17) is 15.2 Å². The van der Waals surface area contributed by atoms with Crippen LogP contribution >= 0.6 is 0 Å². The highest BCUT2D eigenvalue weighted by atomic mass is 16.5. The van der Waals surface area contributed by atoms with Crippen LogP contribution in [-0.4, -0.2) is 45.1 Å². The zero-order valence-electron chi connectivity index (χ0n) is 11.2. The lowest BCUT2D eigenvalue weighted by Crippen LogP contribution is -2.31. The van der Waals surface area contributed by atoms with Crippen LogP contribution < -0.4 is 15.4 Å². The zero-order chi connectivity index (χ0) is 13.5. The van der Waals surface area contributed by atoms with Gasteiger partial charge >= 0.3 is 0 Å². The Morgan fingerprint density at radius 3 is 2.78 bits per heavy atom. The molecule has 0 spiro atoms. The minimum absolute atomic E-state index is 0.317. The van der Waals surface area contributed by atoms with Gasteiger partial charge in [0.15, 0.2) is 0 Å². The molecule has 0 saturated carbocycles. The molecule has 3 N–H and O–H groups in total. The fourth-order valence-electron chi connectivity index (χ4n) is 1.71. The third kappa shape index (κ3) is 4.09. The van der Waals surface area contributed by atoms with Crippen molar-refractivity contribution in [1.29, 1.82) is 0 Å². The molecule has 102 valence electrons. The molecule has 0 aliphatic rings. The number of hydrogen-bond donors (Lipinski definition) is 2. The Balaban J connectivity index is 2.73. The van der Waals surface area contributed by atoms with E-state index >= 15 is 0 Å². The molecule has 1 aromatic rings. The van der Waals surface area contributed by atoms with Gasteiger partial charge in [0.25, 0.3) is 0 Å². The van der Waals surface area contributed by atoms with E-state index in [1.165, 1.54) is 0 Å². The van der Waals surface area contributed by atoms with Gasteiger partial charge in [-0.2, -0.15) is 0 Å². The molecule has 0 aromatic heterocycles. The van der Waals surface area contributed by atoms with Crippen molar-refractivity contribution in [3.63, 3.8) is 0 Å². The summed E-state index contributed by atoms with van der Waals surface area (Å²) in [6.07, 6.45) is -0.520. The lowest BCUT2D eigenvalue weighted by Gasteiger charge is -2.23. The molecule has 1 aromatic carbocycles. The van der Waals surface area contributed by atoms with Gasteiger partial charge < -0.3 is 25.2 Å². The van der Waals surface area contributed by atoms with E-state index in [9.17, 15) is 5.11 Å². The van der Waals surface area contributed by atoms with Crippen molar-refractivity contribution in [2.75, 3.05) is 44.5 Å². The number of nitrogens with zero attached hydrogens (tertiary/aromatic N) is 1. The Morgan fingerprint density at radius 2 is 2.17 bits per heavy atom. The lowest BCUT2D eigenvalue weighted by atomic mass is 10.2. The Kier molecular flexibility index (Phi) is 5.74. The summed E-state index contributed by atoms with van der Waals surface area (Å²) in [5, 5.41) is 9.69. The van der Waals surface area contributed by atoms with Crippen LogP contribution in [0.2, 0.25) is 0 Å². The van der Waals surface area contributed by atoms with Crippen molar-refractivity contribution < 1.29 is 14.6 Å². The summed E-state index contributed by atoms with van der Waals surface area (Å²) in [6, 6.07) is 5.58. The van der Waals surface area contributed by atoms with Gasteiger partial charge in [0.05, 0.1) is 25.0 Å². The summed E-state index contributed by atoms with van der Waals surface area (Å²) in [5.74, 6) is 0.670. The van der Waals surface area contributed by atoms with Crippen molar-refractivity contribution in [3.8, 4) is 5.75 Å². The lowest BCUT2D eigenvalue weighted by molar-refractivity contribution is 0.0695. The molecule has 1 rings (SSSR count). The summed E-state index contributed by atoms with van der Waals surface area (Å²) < 4.78 is 10.3. The highest BCUT2D eigenvalue weighted by Gasteiger charge is 2.10. The van der Waals surface area contributed by atoms with Crippen LogP contribution in [0.4, 0.5) is 11.4 Å². The monoisotopic (exact) mass is 254 g/mol. The van der Waals surface area contributed by atoms with Crippen molar-refractivity contribution >= 4 is 11.4 Å². The Hall–Kier alpha value is -1.46. The summed E-state index contributed by atoms with van der Waals surface area (Å²) in [7, 11) is 3.47. The average Bonchev–Trinajstić information content (AvgIpc) is 2.32. The smallest absolute Gasteiger partial charge is 0.144 e. The van der Waals surface area contributed by atoms with Crippen molar-refractivity contribution in [1.82, 2.24) is 0 Å². The number of anilines is 2. The average molecular weight is 254 g/mol. The highest BCUT2D eigenvalue weighted by Crippen LogP contribution is 2.27. The molecule has 1 unspecified atom stereocenters. The number of nitrogen functional groups attached to an aromatic ring is 1. The van der Waals surface area contributed by atoms with E-state index in [2.05, 4.69) is 0 Å². The van der Waals surface area contributed by atoms with Gasteiger partial charge in [0.1, 0.15) is 5.75 Å². The first-order chi connectivity index (χ1) is 8.58. The Labute approximate surface area is 108 Å². The fraction of sp³-hybridized carbons (Fsp3) is 0.538.